The third-order valence-corrected chi connectivity index (χ3v) is 4.90. The Morgan fingerprint density at radius 2 is 2.00 bits per heavy atom. The molecule has 5 heteroatoms. The summed E-state index contributed by atoms with van der Waals surface area (Å²) in [5, 5.41) is 0. The van der Waals surface area contributed by atoms with Crippen molar-refractivity contribution >= 4 is 33.0 Å². The van der Waals surface area contributed by atoms with Crippen LogP contribution in [-0.2, 0) is 4.74 Å². The minimum absolute atomic E-state index is 0.0420. The summed E-state index contributed by atoms with van der Waals surface area (Å²) in [6, 6.07) is 7.34. The number of benzene rings is 1. The Morgan fingerprint density at radius 1 is 1.24 bits per heavy atom. The fraction of sp³-hybridized carbons (Fsp3) is 0.312. The average Bonchev–Trinajstić information content (AvgIpc) is 2.80. The summed E-state index contributed by atoms with van der Waals surface area (Å²) in [6.07, 6.45) is 0. The first kappa shape index (κ1) is 16.2. The zero-order valence-electron chi connectivity index (χ0n) is 12.2. The second kappa shape index (κ2) is 7.20. The normalized spacial score (nSPS) is 10.7. The van der Waals surface area contributed by atoms with Gasteiger partial charge in [0.15, 0.2) is 0 Å². The van der Waals surface area contributed by atoms with Gasteiger partial charge in [0.05, 0.1) is 16.0 Å². The highest BCUT2D eigenvalue weighted by Gasteiger charge is 2.14. The van der Waals surface area contributed by atoms with E-state index in [4.69, 9.17) is 9.47 Å². The van der Waals surface area contributed by atoms with Crippen LogP contribution in [0, 0.1) is 13.8 Å². The molecule has 1 heterocycles. The smallest absolute Gasteiger partial charge is 0.203 e. The summed E-state index contributed by atoms with van der Waals surface area (Å²) >= 11 is 4.98. The Bertz CT molecular complexity index is 629. The molecule has 112 valence electrons. The minimum Gasteiger partial charge on any atom is -0.490 e. The van der Waals surface area contributed by atoms with Crippen LogP contribution < -0.4 is 4.74 Å². The average molecular weight is 369 g/mol. The molecule has 1 aromatic heterocycles. The molecule has 0 saturated heterocycles. The van der Waals surface area contributed by atoms with Crippen molar-refractivity contribution in [2.75, 3.05) is 20.3 Å². The van der Waals surface area contributed by atoms with Gasteiger partial charge in [-0.1, -0.05) is 0 Å². The molecule has 0 amide bonds. The van der Waals surface area contributed by atoms with Crippen molar-refractivity contribution in [1.82, 2.24) is 0 Å². The third-order valence-electron chi connectivity index (χ3n) is 3.13. The van der Waals surface area contributed by atoms with Crippen LogP contribution in [0.2, 0.25) is 0 Å². The van der Waals surface area contributed by atoms with Gasteiger partial charge in [-0.05, 0) is 59.6 Å². The maximum atomic E-state index is 12.5. The molecule has 2 rings (SSSR count). The van der Waals surface area contributed by atoms with Gasteiger partial charge in [0.25, 0.3) is 0 Å². The maximum Gasteiger partial charge on any atom is 0.203 e. The number of thiophene rings is 1. The van der Waals surface area contributed by atoms with Crippen LogP contribution in [0.3, 0.4) is 0 Å². The van der Waals surface area contributed by atoms with Crippen molar-refractivity contribution in [3.05, 3.63) is 49.6 Å². The minimum atomic E-state index is 0.0420. The van der Waals surface area contributed by atoms with Crippen molar-refractivity contribution < 1.29 is 14.3 Å². The van der Waals surface area contributed by atoms with Crippen LogP contribution in [0.25, 0.3) is 0 Å². The zero-order valence-corrected chi connectivity index (χ0v) is 14.6. The van der Waals surface area contributed by atoms with E-state index < -0.39 is 0 Å². The predicted molar refractivity (Wildman–Crippen MR) is 88.7 cm³/mol. The van der Waals surface area contributed by atoms with E-state index in [9.17, 15) is 4.79 Å². The van der Waals surface area contributed by atoms with Gasteiger partial charge >= 0.3 is 0 Å². The molecule has 0 fully saturated rings. The Kier molecular flexibility index (Phi) is 5.56. The molecule has 2 aromatic rings. The van der Waals surface area contributed by atoms with E-state index in [0.29, 0.717) is 24.5 Å². The Labute approximate surface area is 137 Å². The highest BCUT2D eigenvalue weighted by atomic mass is 79.9. The van der Waals surface area contributed by atoms with Crippen LogP contribution >= 0.6 is 27.3 Å². The molecule has 0 unspecified atom stereocenters. The molecular formula is C16H17BrO3S. The van der Waals surface area contributed by atoms with Gasteiger partial charge in [-0.3, -0.25) is 4.79 Å². The first-order valence-corrected chi connectivity index (χ1v) is 8.17. The van der Waals surface area contributed by atoms with Crippen molar-refractivity contribution in [3.63, 3.8) is 0 Å². The van der Waals surface area contributed by atoms with Gasteiger partial charge in [-0.2, -0.15) is 0 Å². The number of aryl methyl sites for hydroxylation is 2. The SMILES string of the molecule is COCCOc1ccc(C(=O)c2cc(C)c(C)s2)cc1Br. The number of carbonyl (C=O) groups is 1. The lowest BCUT2D eigenvalue weighted by Crippen LogP contribution is -2.05. The monoisotopic (exact) mass is 368 g/mol. The van der Waals surface area contributed by atoms with E-state index in [0.717, 1.165) is 14.9 Å². The van der Waals surface area contributed by atoms with E-state index in [1.54, 1.807) is 25.3 Å². The molecule has 0 spiro atoms. The van der Waals surface area contributed by atoms with E-state index in [2.05, 4.69) is 15.9 Å². The molecule has 0 aliphatic carbocycles. The largest absolute Gasteiger partial charge is 0.490 e. The summed E-state index contributed by atoms with van der Waals surface area (Å²) in [6.45, 7) is 5.05. The molecule has 21 heavy (non-hydrogen) atoms. The summed E-state index contributed by atoms with van der Waals surface area (Å²) < 4.78 is 11.3. The van der Waals surface area contributed by atoms with Gasteiger partial charge in [-0.25, -0.2) is 0 Å². The highest BCUT2D eigenvalue weighted by Crippen LogP contribution is 2.29. The third kappa shape index (κ3) is 3.93. The summed E-state index contributed by atoms with van der Waals surface area (Å²) in [5.74, 6) is 0.752. The number of ether oxygens (including phenoxy) is 2. The Balaban J connectivity index is 2.17. The summed E-state index contributed by atoms with van der Waals surface area (Å²) in [4.78, 5) is 14.4. The van der Waals surface area contributed by atoms with Crippen LogP contribution in [0.4, 0.5) is 0 Å². The second-order valence-corrected chi connectivity index (χ2v) is 6.78. The molecule has 1 aromatic carbocycles. The number of hydrogen-bond acceptors (Lipinski definition) is 4. The molecule has 0 atom stereocenters. The number of hydrogen-bond donors (Lipinski definition) is 0. The van der Waals surface area contributed by atoms with Gasteiger partial charge in [0, 0.05) is 17.6 Å². The Hall–Kier alpha value is -1.17. The first-order valence-electron chi connectivity index (χ1n) is 6.56. The van der Waals surface area contributed by atoms with E-state index in [-0.39, 0.29) is 5.78 Å². The van der Waals surface area contributed by atoms with Gasteiger partial charge in [-0.15, -0.1) is 11.3 Å². The lowest BCUT2D eigenvalue weighted by atomic mass is 10.1. The van der Waals surface area contributed by atoms with Gasteiger partial charge in [0.2, 0.25) is 5.78 Å². The molecule has 3 nitrogen and oxygen atoms in total. The van der Waals surface area contributed by atoms with E-state index >= 15 is 0 Å². The lowest BCUT2D eigenvalue weighted by Gasteiger charge is -2.08. The van der Waals surface area contributed by atoms with Crippen LogP contribution in [0.15, 0.2) is 28.7 Å². The molecular weight excluding hydrogens is 352 g/mol. The predicted octanol–water partition coefficient (Wildman–Crippen LogP) is 4.38. The van der Waals surface area contributed by atoms with Crippen molar-refractivity contribution in [3.8, 4) is 5.75 Å². The van der Waals surface area contributed by atoms with Crippen LogP contribution in [0.5, 0.6) is 5.75 Å². The zero-order chi connectivity index (χ0) is 15.4. The number of rotatable bonds is 6. The number of carbonyl (C=O) groups excluding carboxylic acids is 1. The van der Waals surface area contributed by atoms with E-state index in [1.807, 2.05) is 19.9 Å². The molecule has 0 bridgehead atoms. The molecule has 0 aliphatic rings. The van der Waals surface area contributed by atoms with E-state index in [1.165, 1.54) is 16.2 Å². The topological polar surface area (TPSA) is 35.5 Å². The number of halogens is 1. The van der Waals surface area contributed by atoms with Crippen LogP contribution in [0.1, 0.15) is 25.7 Å². The number of ketones is 1. The van der Waals surface area contributed by atoms with Crippen LogP contribution in [-0.4, -0.2) is 26.1 Å². The van der Waals surface area contributed by atoms with Crippen molar-refractivity contribution in [2.24, 2.45) is 0 Å². The molecule has 0 aliphatic heterocycles. The van der Waals surface area contributed by atoms with Crippen molar-refractivity contribution in [2.45, 2.75) is 13.8 Å². The second-order valence-electron chi connectivity index (χ2n) is 4.67. The standard InChI is InChI=1S/C16H17BrO3S/c1-10-8-15(21-11(10)2)16(18)12-4-5-14(13(17)9-12)20-7-6-19-3/h4-5,8-9H,6-7H2,1-3H3. The van der Waals surface area contributed by atoms with Gasteiger partial charge < -0.3 is 9.47 Å². The maximum absolute atomic E-state index is 12.5. The fourth-order valence-electron chi connectivity index (χ4n) is 1.82. The highest BCUT2D eigenvalue weighted by molar-refractivity contribution is 9.10. The lowest BCUT2D eigenvalue weighted by molar-refractivity contribution is 0.104. The molecule has 0 N–H and O–H groups in total. The number of methoxy groups -OCH3 is 1. The Morgan fingerprint density at radius 3 is 2.57 bits per heavy atom. The van der Waals surface area contributed by atoms with Crippen molar-refractivity contribution in [1.29, 1.82) is 0 Å². The first-order chi connectivity index (χ1) is 10.0. The quantitative estimate of drug-likeness (QED) is 0.560. The molecule has 0 saturated carbocycles. The summed E-state index contributed by atoms with van der Waals surface area (Å²) in [5.41, 5.74) is 1.81. The molecule has 0 radical (unpaired) electrons. The summed E-state index contributed by atoms with van der Waals surface area (Å²) in [7, 11) is 1.63. The van der Waals surface area contributed by atoms with Gasteiger partial charge in [0.1, 0.15) is 12.4 Å². The fourth-order valence-corrected chi connectivity index (χ4v) is 3.31.